The Morgan fingerprint density at radius 3 is 1.08 bits per heavy atom. The van der Waals surface area contributed by atoms with E-state index in [1.54, 1.807) is 0 Å². The van der Waals surface area contributed by atoms with Gasteiger partial charge < -0.3 is 5.32 Å². The van der Waals surface area contributed by atoms with E-state index in [0.717, 1.165) is 101 Å². The minimum atomic E-state index is -0.106. The van der Waals surface area contributed by atoms with Crippen LogP contribution < -0.4 is 5.32 Å². The van der Waals surface area contributed by atoms with Crippen LogP contribution in [0.15, 0.2) is 266 Å². The highest BCUT2D eigenvalue weighted by Gasteiger charge is 2.26. The Hall–Kier alpha value is -8.66. The van der Waals surface area contributed by atoms with Crippen molar-refractivity contribution in [1.82, 2.24) is 10.3 Å². The van der Waals surface area contributed by atoms with Crippen LogP contribution in [0.25, 0.3) is 83.8 Å². The van der Waals surface area contributed by atoms with E-state index in [9.17, 15) is 0 Å². The third kappa shape index (κ3) is 8.18. The van der Waals surface area contributed by atoms with E-state index in [-0.39, 0.29) is 6.04 Å². The van der Waals surface area contributed by atoms with Crippen molar-refractivity contribution in [2.24, 2.45) is 4.99 Å². The zero-order chi connectivity index (χ0) is 44.1. The van der Waals surface area contributed by atoms with Gasteiger partial charge in [-0.3, -0.25) is 0 Å². The molecule has 0 amide bonds. The molecule has 0 saturated heterocycles. The van der Waals surface area contributed by atoms with Crippen molar-refractivity contribution in [2.45, 2.75) is 6.04 Å². The molecule has 11 rings (SSSR count). The number of hydrogen-bond donors (Lipinski definition) is 1. The first-order valence-electron chi connectivity index (χ1n) is 22.5. The van der Waals surface area contributed by atoms with Crippen LogP contribution in [0.1, 0.15) is 22.7 Å². The summed E-state index contributed by atoms with van der Waals surface area (Å²) in [5.74, 6) is 0.826. The van der Waals surface area contributed by atoms with Crippen LogP contribution >= 0.6 is 0 Å². The Bertz CT molecular complexity index is 3150. The van der Waals surface area contributed by atoms with Gasteiger partial charge in [-0.25, -0.2) is 9.98 Å². The van der Waals surface area contributed by atoms with E-state index in [2.05, 4.69) is 266 Å². The zero-order valence-corrected chi connectivity index (χ0v) is 36.3. The van der Waals surface area contributed by atoms with E-state index < -0.39 is 0 Å². The normalized spacial score (nSPS) is 13.3. The molecule has 0 radical (unpaired) electrons. The van der Waals surface area contributed by atoms with Gasteiger partial charge in [0.2, 0.25) is 0 Å². The number of amidine groups is 1. The number of rotatable bonds is 10. The third-order valence-corrected chi connectivity index (χ3v) is 12.3. The summed E-state index contributed by atoms with van der Waals surface area (Å²) in [6.07, 6.45) is 2.26. The lowest BCUT2D eigenvalue weighted by Gasteiger charge is -2.25. The van der Waals surface area contributed by atoms with Crippen LogP contribution in [-0.2, 0) is 0 Å². The van der Waals surface area contributed by atoms with E-state index in [1.165, 1.54) is 5.56 Å². The van der Waals surface area contributed by atoms with Gasteiger partial charge >= 0.3 is 0 Å². The van der Waals surface area contributed by atoms with Gasteiger partial charge in [0, 0.05) is 33.4 Å². The van der Waals surface area contributed by atoms with Crippen LogP contribution in [0.3, 0.4) is 0 Å². The van der Waals surface area contributed by atoms with Crippen molar-refractivity contribution < 1.29 is 0 Å². The molecule has 1 aliphatic rings. The molecule has 1 N–H and O–H groups in total. The molecule has 2 heterocycles. The molecular formula is C63H45N3. The molecule has 1 unspecified atom stereocenters. The summed E-state index contributed by atoms with van der Waals surface area (Å²) in [5.41, 5.74) is 19.3. The molecule has 10 aromatic rings. The first kappa shape index (κ1) is 40.1. The molecule has 0 aliphatic carbocycles. The van der Waals surface area contributed by atoms with Crippen molar-refractivity contribution in [2.75, 3.05) is 0 Å². The molecule has 0 saturated carbocycles. The molecule has 3 heteroatoms. The molecule has 0 fully saturated rings. The smallest absolute Gasteiger partial charge is 0.134 e. The predicted molar refractivity (Wildman–Crippen MR) is 276 cm³/mol. The van der Waals surface area contributed by atoms with Gasteiger partial charge in [0.25, 0.3) is 0 Å². The fourth-order valence-electron chi connectivity index (χ4n) is 9.11. The number of pyridine rings is 1. The number of aliphatic imine (C=N–C) groups is 1. The second kappa shape index (κ2) is 18.2. The molecule has 66 heavy (non-hydrogen) atoms. The number of benzene rings is 9. The van der Waals surface area contributed by atoms with Crippen LogP contribution in [0.5, 0.6) is 0 Å². The zero-order valence-electron chi connectivity index (χ0n) is 36.3. The lowest BCUT2D eigenvalue weighted by Crippen LogP contribution is -2.31. The highest BCUT2D eigenvalue weighted by Crippen LogP contribution is 2.49. The van der Waals surface area contributed by atoms with E-state index in [4.69, 9.17) is 9.98 Å². The van der Waals surface area contributed by atoms with Crippen molar-refractivity contribution in [3.63, 3.8) is 0 Å². The minimum absolute atomic E-state index is 0.106. The Balaban J connectivity index is 1.11. The molecule has 1 aliphatic heterocycles. The van der Waals surface area contributed by atoms with Gasteiger partial charge in [-0.2, -0.15) is 0 Å². The summed E-state index contributed by atoms with van der Waals surface area (Å²) in [6.45, 7) is 0. The highest BCUT2D eigenvalue weighted by atomic mass is 15.0. The third-order valence-electron chi connectivity index (χ3n) is 12.3. The maximum atomic E-state index is 5.63. The van der Waals surface area contributed by atoms with Gasteiger partial charge in [-0.1, -0.05) is 237 Å². The second-order valence-corrected chi connectivity index (χ2v) is 16.6. The number of hydrogen-bond acceptors (Lipinski definition) is 3. The Morgan fingerprint density at radius 1 is 0.288 bits per heavy atom. The number of aromatic nitrogens is 1. The van der Waals surface area contributed by atoms with Gasteiger partial charge in [-0.15, -0.1) is 0 Å². The summed E-state index contributed by atoms with van der Waals surface area (Å²) in [6, 6.07) is 90.1. The molecular weight excluding hydrogens is 799 g/mol. The Kier molecular flexibility index (Phi) is 11.1. The summed E-state index contributed by atoms with van der Waals surface area (Å²) in [7, 11) is 0. The standard InChI is InChI=1S/C63H45N3/c1-8-22-44(23-9-1)53-40-54(45-24-10-2-11-25-45)42-55(41-53)63-64-56(46-26-12-3-13-27-46)43-57(65-63)47-36-38-50(39-37-47)58-59(48-28-14-4-15-29-48)61(51-32-18-6-19-33-51)66-62(52-34-20-7-21-35-52)60(58)49-30-16-5-17-31-49/h1-43,56H,(H,64,65). The first-order valence-corrected chi connectivity index (χ1v) is 22.5. The van der Waals surface area contributed by atoms with Crippen molar-refractivity contribution in [3.8, 4) is 78.1 Å². The SMILES string of the molecule is C1=C(c2ccc(-c3c(-c4ccccc4)c(-c4ccccc4)nc(-c4ccccc4)c3-c3ccccc3)cc2)N=C(c2cc(-c3ccccc3)cc(-c3ccccc3)c2)NC1c1ccccc1. The summed E-state index contributed by atoms with van der Waals surface area (Å²) in [4.78, 5) is 11.1. The average molecular weight is 844 g/mol. The summed E-state index contributed by atoms with van der Waals surface area (Å²) >= 11 is 0. The molecule has 312 valence electrons. The molecule has 1 atom stereocenters. The van der Waals surface area contributed by atoms with Gasteiger partial charge in [0.1, 0.15) is 5.84 Å². The Morgan fingerprint density at radius 2 is 0.636 bits per heavy atom. The fourth-order valence-corrected chi connectivity index (χ4v) is 9.11. The summed E-state index contributed by atoms with van der Waals surface area (Å²) in [5, 5.41) is 3.84. The average Bonchev–Trinajstić information content (AvgIpc) is 3.42. The maximum Gasteiger partial charge on any atom is 0.134 e. The van der Waals surface area contributed by atoms with Gasteiger partial charge in [0.15, 0.2) is 0 Å². The lowest BCUT2D eigenvalue weighted by molar-refractivity contribution is 0.781. The molecule has 0 spiro atoms. The fraction of sp³-hybridized carbons (Fsp3) is 0.0159. The summed E-state index contributed by atoms with van der Waals surface area (Å²) < 4.78 is 0. The number of nitrogens with one attached hydrogen (secondary N) is 1. The quantitative estimate of drug-likeness (QED) is 0.149. The van der Waals surface area contributed by atoms with E-state index in [0.29, 0.717) is 0 Å². The topological polar surface area (TPSA) is 37.3 Å². The molecule has 1 aromatic heterocycles. The van der Waals surface area contributed by atoms with Crippen molar-refractivity contribution in [3.05, 3.63) is 278 Å². The predicted octanol–water partition coefficient (Wildman–Crippen LogP) is 15.9. The van der Waals surface area contributed by atoms with Crippen LogP contribution in [0, 0.1) is 0 Å². The monoisotopic (exact) mass is 843 g/mol. The Labute approximate surface area is 386 Å². The first-order chi connectivity index (χ1) is 32.7. The second-order valence-electron chi connectivity index (χ2n) is 16.6. The van der Waals surface area contributed by atoms with Crippen LogP contribution in [0.4, 0.5) is 0 Å². The van der Waals surface area contributed by atoms with Crippen LogP contribution in [-0.4, -0.2) is 10.8 Å². The van der Waals surface area contributed by atoms with Crippen molar-refractivity contribution in [1.29, 1.82) is 0 Å². The number of nitrogens with zero attached hydrogens (tertiary/aromatic N) is 2. The largest absolute Gasteiger partial charge is 0.359 e. The molecule has 3 nitrogen and oxygen atoms in total. The van der Waals surface area contributed by atoms with Gasteiger partial charge in [0.05, 0.1) is 23.1 Å². The van der Waals surface area contributed by atoms with E-state index >= 15 is 0 Å². The lowest BCUT2D eigenvalue weighted by atomic mass is 9.83. The van der Waals surface area contributed by atoms with Crippen molar-refractivity contribution >= 4 is 11.5 Å². The molecule has 9 aromatic carbocycles. The molecule has 0 bridgehead atoms. The minimum Gasteiger partial charge on any atom is -0.359 e. The van der Waals surface area contributed by atoms with Crippen LogP contribution in [0.2, 0.25) is 0 Å². The maximum absolute atomic E-state index is 5.63. The van der Waals surface area contributed by atoms with E-state index in [1.807, 2.05) is 0 Å². The highest BCUT2D eigenvalue weighted by molar-refractivity contribution is 6.07. The van der Waals surface area contributed by atoms with Gasteiger partial charge in [-0.05, 0) is 74.3 Å².